The minimum Gasteiger partial charge on any atom is -0.330 e. The number of H-pyrrole nitrogens is 1. The number of aromatic nitrogens is 2. The molecule has 1 aliphatic rings. The molecule has 0 bridgehead atoms. The molecule has 1 aromatic heterocycles. The zero-order valence-electron chi connectivity index (χ0n) is 12.6. The maximum atomic E-state index is 12.2. The maximum absolute atomic E-state index is 12.2. The van der Waals surface area contributed by atoms with Gasteiger partial charge in [0.2, 0.25) is 5.91 Å². The first-order valence-corrected chi connectivity index (χ1v) is 7.24. The quantitative estimate of drug-likeness (QED) is 0.751. The van der Waals surface area contributed by atoms with Crippen molar-refractivity contribution >= 4 is 11.6 Å². The molecule has 1 heterocycles. The number of nitrogens with zero attached hydrogens (tertiary/aromatic N) is 2. The lowest BCUT2D eigenvalue weighted by Crippen LogP contribution is -2.41. The number of rotatable bonds is 5. The van der Waals surface area contributed by atoms with Gasteiger partial charge in [0, 0.05) is 6.04 Å². The Morgan fingerprint density at radius 1 is 1.50 bits per heavy atom. The van der Waals surface area contributed by atoms with Crippen LogP contribution in [-0.2, 0) is 4.79 Å². The molecule has 0 spiro atoms. The second-order valence-corrected chi connectivity index (χ2v) is 5.77. The SMILES string of the molecule is Cc1n[nH]c(C)c1NC(=O)CN(C)C1CCCC1CN. The number of carbonyl (C=O) groups is 1. The highest BCUT2D eigenvalue weighted by atomic mass is 16.2. The molecule has 6 heteroatoms. The zero-order valence-corrected chi connectivity index (χ0v) is 12.6. The highest BCUT2D eigenvalue weighted by molar-refractivity contribution is 5.93. The Hall–Kier alpha value is -1.40. The third kappa shape index (κ3) is 3.19. The molecule has 1 aromatic rings. The van der Waals surface area contributed by atoms with Gasteiger partial charge in [-0.3, -0.25) is 14.8 Å². The lowest BCUT2D eigenvalue weighted by molar-refractivity contribution is -0.117. The van der Waals surface area contributed by atoms with Crippen LogP contribution in [0.5, 0.6) is 0 Å². The van der Waals surface area contributed by atoms with Crippen LogP contribution in [0.4, 0.5) is 5.69 Å². The van der Waals surface area contributed by atoms with Crippen molar-refractivity contribution in [1.29, 1.82) is 0 Å². The van der Waals surface area contributed by atoms with Gasteiger partial charge in [0.25, 0.3) is 0 Å². The fraction of sp³-hybridized carbons (Fsp3) is 0.714. The molecule has 0 saturated heterocycles. The van der Waals surface area contributed by atoms with E-state index in [1.54, 1.807) is 0 Å². The van der Waals surface area contributed by atoms with Gasteiger partial charge in [-0.1, -0.05) is 6.42 Å². The average Bonchev–Trinajstić information content (AvgIpc) is 3.00. The van der Waals surface area contributed by atoms with Gasteiger partial charge in [0.15, 0.2) is 0 Å². The number of hydrogen-bond donors (Lipinski definition) is 3. The van der Waals surface area contributed by atoms with Crippen molar-refractivity contribution in [2.45, 2.75) is 39.2 Å². The fourth-order valence-electron chi connectivity index (χ4n) is 3.13. The third-order valence-electron chi connectivity index (χ3n) is 4.27. The van der Waals surface area contributed by atoms with E-state index >= 15 is 0 Å². The summed E-state index contributed by atoms with van der Waals surface area (Å²) in [5.74, 6) is 0.521. The Balaban J connectivity index is 1.91. The topological polar surface area (TPSA) is 87.0 Å². The maximum Gasteiger partial charge on any atom is 0.238 e. The molecular weight excluding hydrogens is 254 g/mol. The Kier molecular flexibility index (Phi) is 4.77. The number of hydrogen-bond acceptors (Lipinski definition) is 4. The van der Waals surface area contributed by atoms with Crippen LogP contribution in [0.25, 0.3) is 0 Å². The number of amides is 1. The van der Waals surface area contributed by atoms with E-state index in [0.717, 1.165) is 23.5 Å². The Labute approximate surface area is 120 Å². The van der Waals surface area contributed by atoms with Crippen molar-refractivity contribution in [1.82, 2.24) is 15.1 Å². The molecule has 2 unspecified atom stereocenters. The van der Waals surface area contributed by atoms with Crippen molar-refractivity contribution < 1.29 is 4.79 Å². The minimum absolute atomic E-state index is 0.00257. The monoisotopic (exact) mass is 279 g/mol. The van der Waals surface area contributed by atoms with Gasteiger partial charge < -0.3 is 11.1 Å². The van der Waals surface area contributed by atoms with Crippen molar-refractivity contribution in [3.63, 3.8) is 0 Å². The molecule has 0 aliphatic heterocycles. The van der Waals surface area contributed by atoms with Crippen LogP contribution in [0.3, 0.4) is 0 Å². The summed E-state index contributed by atoms with van der Waals surface area (Å²) < 4.78 is 0. The molecule has 1 fully saturated rings. The Morgan fingerprint density at radius 2 is 2.25 bits per heavy atom. The van der Waals surface area contributed by atoms with Crippen molar-refractivity contribution in [2.75, 3.05) is 25.5 Å². The van der Waals surface area contributed by atoms with Crippen LogP contribution in [0.1, 0.15) is 30.7 Å². The van der Waals surface area contributed by atoms with Gasteiger partial charge in [-0.2, -0.15) is 5.10 Å². The van der Waals surface area contributed by atoms with Gasteiger partial charge in [0.05, 0.1) is 23.6 Å². The second kappa shape index (κ2) is 6.37. The first-order chi connectivity index (χ1) is 9.52. The molecule has 2 atom stereocenters. The average molecular weight is 279 g/mol. The molecule has 4 N–H and O–H groups in total. The van der Waals surface area contributed by atoms with E-state index in [1.807, 2.05) is 20.9 Å². The standard InChI is InChI=1S/C14H25N5O/c1-9-14(10(2)18-17-9)16-13(20)8-19(3)12-6-4-5-11(12)7-15/h11-12H,4-8,15H2,1-3H3,(H,16,20)(H,17,18). The second-order valence-electron chi connectivity index (χ2n) is 5.77. The normalized spacial score (nSPS) is 22.4. The highest BCUT2D eigenvalue weighted by Gasteiger charge is 2.30. The van der Waals surface area contributed by atoms with E-state index in [0.29, 0.717) is 25.0 Å². The van der Waals surface area contributed by atoms with Crippen LogP contribution >= 0.6 is 0 Å². The number of aromatic amines is 1. The minimum atomic E-state index is 0.00257. The summed E-state index contributed by atoms with van der Waals surface area (Å²) in [7, 11) is 2.01. The first-order valence-electron chi connectivity index (χ1n) is 7.24. The van der Waals surface area contributed by atoms with Gasteiger partial charge in [-0.15, -0.1) is 0 Å². The van der Waals surface area contributed by atoms with Crippen LogP contribution in [0.15, 0.2) is 0 Å². The van der Waals surface area contributed by atoms with Crippen LogP contribution in [0.2, 0.25) is 0 Å². The van der Waals surface area contributed by atoms with Gasteiger partial charge in [0.1, 0.15) is 0 Å². The lowest BCUT2D eigenvalue weighted by Gasteiger charge is -2.28. The Morgan fingerprint density at radius 3 is 2.85 bits per heavy atom. The van der Waals surface area contributed by atoms with Crippen LogP contribution < -0.4 is 11.1 Å². The zero-order chi connectivity index (χ0) is 14.7. The van der Waals surface area contributed by atoms with Crippen LogP contribution in [0, 0.1) is 19.8 Å². The summed E-state index contributed by atoms with van der Waals surface area (Å²) in [5.41, 5.74) is 8.31. The number of anilines is 1. The molecule has 20 heavy (non-hydrogen) atoms. The number of carbonyl (C=O) groups excluding carboxylic acids is 1. The molecule has 0 aromatic carbocycles. The van der Waals surface area contributed by atoms with Gasteiger partial charge in [-0.05, 0) is 46.2 Å². The van der Waals surface area contributed by atoms with Gasteiger partial charge >= 0.3 is 0 Å². The summed E-state index contributed by atoms with van der Waals surface area (Å²) in [5, 5.41) is 9.89. The summed E-state index contributed by atoms with van der Waals surface area (Å²) in [6.07, 6.45) is 3.51. The Bertz CT molecular complexity index is 451. The molecule has 1 amide bonds. The number of nitrogens with two attached hydrogens (primary N) is 1. The molecule has 1 saturated carbocycles. The van der Waals surface area contributed by atoms with E-state index < -0.39 is 0 Å². The molecular formula is C14H25N5O. The summed E-state index contributed by atoms with van der Waals surface area (Å²) >= 11 is 0. The van der Waals surface area contributed by atoms with E-state index in [2.05, 4.69) is 20.4 Å². The van der Waals surface area contributed by atoms with Crippen molar-refractivity contribution in [3.05, 3.63) is 11.4 Å². The van der Waals surface area contributed by atoms with E-state index in [1.165, 1.54) is 12.8 Å². The highest BCUT2D eigenvalue weighted by Crippen LogP contribution is 2.28. The fourth-order valence-corrected chi connectivity index (χ4v) is 3.13. The van der Waals surface area contributed by atoms with Crippen molar-refractivity contribution in [3.8, 4) is 0 Å². The largest absolute Gasteiger partial charge is 0.330 e. The molecule has 1 aliphatic carbocycles. The summed E-state index contributed by atoms with van der Waals surface area (Å²) in [4.78, 5) is 14.3. The summed E-state index contributed by atoms with van der Waals surface area (Å²) in [6.45, 7) is 4.88. The first kappa shape index (κ1) is 15.0. The van der Waals surface area contributed by atoms with Crippen LogP contribution in [-0.4, -0.2) is 47.2 Å². The molecule has 6 nitrogen and oxygen atoms in total. The van der Waals surface area contributed by atoms with Gasteiger partial charge in [-0.25, -0.2) is 0 Å². The van der Waals surface area contributed by atoms with E-state index in [-0.39, 0.29) is 5.91 Å². The summed E-state index contributed by atoms with van der Waals surface area (Å²) in [6, 6.07) is 0.428. The van der Waals surface area contributed by atoms with E-state index in [4.69, 9.17) is 5.73 Å². The number of aryl methyl sites for hydroxylation is 2. The smallest absolute Gasteiger partial charge is 0.238 e. The lowest BCUT2D eigenvalue weighted by atomic mass is 10.0. The van der Waals surface area contributed by atoms with E-state index in [9.17, 15) is 4.79 Å². The third-order valence-corrected chi connectivity index (χ3v) is 4.27. The molecule has 2 rings (SSSR count). The number of nitrogens with one attached hydrogen (secondary N) is 2. The predicted molar refractivity (Wildman–Crippen MR) is 79.5 cm³/mol. The number of likely N-dealkylation sites (N-methyl/N-ethyl adjacent to an activating group) is 1. The van der Waals surface area contributed by atoms with Crippen molar-refractivity contribution in [2.24, 2.45) is 11.7 Å². The molecule has 112 valence electrons. The predicted octanol–water partition coefficient (Wildman–Crippen LogP) is 1.02. The molecule has 0 radical (unpaired) electrons.